The van der Waals surface area contributed by atoms with Crippen molar-refractivity contribution in [1.82, 2.24) is 0 Å². The normalized spacial score (nSPS) is 16.5. The summed E-state index contributed by atoms with van der Waals surface area (Å²) in [6, 6.07) is 7.04. The number of aliphatic hydroxyl groups excluding tert-OH is 2. The fourth-order valence-electron chi connectivity index (χ4n) is 2.21. The van der Waals surface area contributed by atoms with Gasteiger partial charge in [-0.25, -0.2) is 0 Å². The van der Waals surface area contributed by atoms with Crippen molar-refractivity contribution in [2.45, 2.75) is 38.9 Å². The number of aromatic hydroxyl groups is 1. The molecule has 0 aromatic heterocycles. The van der Waals surface area contributed by atoms with E-state index in [1.165, 1.54) is 0 Å². The van der Waals surface area contributed by atoms with Crippen LogP contribution in [-0.4, -0.2) is 27.5 Å². The predicted molar refractivity (Wildman–Crippen MR) is 82.4 cm³/mol. The van der Waals surface area contributed by atoms with Crippen LogP contribution < -0.4 is 0 Å². The molecule has 0 radical (unpaired) electrons. The van der Waals surface area contributed by atoms with E-state index in [0.29, 0.717) is 6.42 Å². The van der Waals surface area contributed by atoms with Crippen LogP contribution in [0.25, 0.3) is 6.08 Å². The Hall–Kier alpha value is -1.58. The molecular formula is C17H24O3. The van der Waals surface area contributed by atoms with E-state index in [1.807, 2.05) is 19.1 Å². The Morgan fingerprint density at radius 1 is 1.35 bits per heavy atom. The topological polar surface area (TPSA) is 60.7 Å². The van der Waals surface area contributed by atoms with Crippen LogP contribution in [0.4, 0.5) is 0 Å². The Bertz CT molecular complexity index is 463. The second-order valence-electron chi connectivity index (χ2n) is 5.25. The third-order valence-electron chi connectivity index (χ3n) is 3.39. The number of aliphatic hydroxyl groups is 2. The molecule has 110 valence electrons. The second kappa shape index (κ2) is 7.88. The Morgan fingerprint density at radius 2 is 2.05 bits per heavy atom. The number of phenols is 1. The first-order valence-corrected chi connectivity index (χ1v) is 6.89. The van der Waals surface area contributed by atoms with Crippen LogP contribution in [0.15, 0.2) is 42.5 Å². The molecule has 20 heavy (non-hydrogen) atoms. The lowest BCUT2D eigenvalue weighted by molar-refractivity contribution is 0.0422. The minimum atomic E-state index is -0.599. The van der Waals surface area contributed by atoms with Gasteiger partial charge in [0, 0.05) is 5.92 Å². The van der Waals surface area contributed by atoms with Crippen molar-refractivity contribution in [3.05, 3.63) is 48.1 Å². The molecule has 1 aromatic carbocycles. The average Bonchev–Trinajstić information content (AvgIpc) is 2.36. The number of hydrogen-bond acceptors (Lipinski definition) is 3. The van der Waals surface area contributed by atoms with Gasteiger partial charge in [0.25, 0.3) is 0 Å². The standard InChI is InChI=1S/C17H24O3/c1-4-16(13(3)18)17(20)9-8-12(2)10-14-6-5-7-15(19)11-14/h4-7,10-11,13,16-20H,1,8-9H2,2-3H3/b12-10+/t13-,16+,17-/m1/s1. The largest absolute Gasteiger partial charge is 0.508 e. The van der Waals surface area contributed by atoms with E-state index in [9.17, 15) is 15.3 Å². The molecule has 0 heterocycles. The van der Waals surface area contributed by atoms with Crippen LogP contribution in [-0.2, 0) is 0 Å². The van der Waals surface area contributed by atoms with Gasteiger partial charge in [-0.3, -0.25) is 0 Å². The number of benzene rings is 1. The second-order valence-corrected chi connectivity index (χ2v) is 5.25. The number of phenolic OH excluding ortho intramolecular Hbond substituents is 1. The van der Waals surface area contributed by atoms with Crippen molar-refractivity contribution in [2.24, 2.45) is 5.92 Å². The highest BCUT2D eigenvalue weighted by molar-refractivity contribution is 5.54. The zero-order valence-corrected chi connectivity index (χ0v) is 12.2. The van der Waals surface area contributed by atoms with Gasteiger partial charge >= 0.3 is 0 Å². The Balaban J connectivity index is 2.58. The Labute approximate surface area is 120 Å². The first-order valence-electron chi connectivity index (χ1n) is 6.89. The van der Waals surface area contributed by atoms with Gasteiger partial charge in [-0.1, -0.05) is 29.9 Å². The zero-order chi connectivity index (χ0) is 15.1. The van der Waals surface area contributed by atoms with Crippen LogP contribution in [0.2, 0.25) is 0 Å². The fraction of sp³-hybridized carbons (Fsp3) is 0.412. The molecule has 0 aliphatic carbocycles. The third-order valence-corrected chi connectivity index (χ3v) is 3.39. The maximum Gasteiger partial charge on any atom is 0.116 e. The molecule has 0 fully saturated rings. The highest BCUT2D eigenvalue weighted by atomic mass is 16.3. The predicted octanol–water partition coefficient (Wildman–Crippen LogP) is 3.12. The lowest BCUT2D eigenvalue weighted by atomic mass is 9.92. The van der Waals surface area contributed by atoms with Crippen LogP contribution in [0, 0.1) is 5.92 Å². The summed E-state index contributed by atoms with van der Waals surface area (Å²) in [5.74, 6) is -0.0593. The monoisotopic (exact) mass is 276 g/mol. The molecule has 3 atom stereocenters. The Kier molecular flexibility index (Phi) is 6.49. The first-order chi connectivity index (χ1) is 9.43. The van der Waals surface area contributed by atoms with Gasteiger partial charge in [0.2, 0.25) is 0 Å². The van der Waals surface area contributed by atoms with E-state index < -0.39 is 12.2 Å². The van der Waals surface area contributed by atoms with E-state index in [1.54, 1.807) is 31.2 Å². The van der Waals surface area contributed by atoms with E-state index in [0.717, 1.165) is 17.6 Å². The van der Waals surface area contributed by atoms with Gasteiger partial charge in [-0.2, -0.15) is 0 Å². The third kappa shape index (κ3) is 5.19. The molecule has 0 saturated heterocycles. The zero-order valence-electron chi connectivity index (χ0n) is 12.2. The van der Waals surface area contributed by atoms with Gasteiger partial charge in [0.05, 0.1) is 12.2 Å². The quantitative estimate of drug-likeness (QED) is 0.671. The minimum absolute atomic E-state index is 0.243. The van der Waals surface area contributed by atoms with Crippen molar-refractivity contribution in [1.29, 1.82) is 0 Å². The maximum absolute atomic E-state index is 10.0. The molecule has 0 saturated carbocycles. The summed E-state index contributed by atoms with van der Waals surface area (Å²) in [5.41, 5.74) is 2.05. The van der Waals surface area contributed by atoms with E-state index in [-0.39, 0.29) is 11.7 Å². The highest BCUT2D eigenvalue weighted by Gasteiger charge is 2.20. The van der Waals surface area contributed by atoms with E-state index in [2.05, 4.69) is 6.58 Å². The molecule has 3 heteroatoms. The van der Waals surface area contributed by atoms with Crippen LogP contribution in [0.5, 0.6) is 5.75 Å². The molecular weight excluding hydrogens is 252 g/mol. The van der Waals surface area contributed by atoms with Gasteiger partial charge in [-0.15, -0.1) is 6.58 Å². The van der Waals surface area contributed by atoms with Crippen molar-refractivity contribution >= 4 is 6.08 Å². The summed E-state index contributed by atoms with van der Waals surface area (Å²) in [6.45, 7) is 7.29. The molecule has 0 aliphatic heterocycles. The van der Waals surface area contributed by atoms with Gasteiger partial charge < -0.3 is 15.3 Å². The van der Waals surface area contributed by atoms with E-state index >= 15 is 0 Å². The van der Waals surface area contributed by atoms with Crippen LogP contribution in [0.3, 0.4) is 0 Å². The van der Waals surface area contributed by atoms with Crippen molar-refractivity contribution < 1.29 is 15.3 Å². The summed E-state index contributed by atoms with van der Waals surface area (Å²) >= 11 is 0. The summed E-state index contributed by atoms with van der Waals surface area (Å²) in [4.78, 5) is 0. The highest BCUT2D eigenvalue weighted by Crippen LogP contribution is 2.20. The fourth-order valence-corrected chi connectivity index (χ4v) is 2.21. The minimum Gasteiger partial charge on any atom is -0.508 e. The number of allylic oxidation sites excluding steroid dienone is 1. The van der Waals surface area contributed by atoms with Crippen molar-refractivity contribution in [3.63, 3.8) is 0 Å². The molecule has 0 bridgehead atoms. The molecule has 3 N–H and O–H groups in total. The molecule has 3 nitrogen and oxygen atoms in total. The molecule has 0 amide bonds. The number of hydrogen-bond donors (Lipinski definition) is 3. The smallest absolute Gasteiger partial charge is 0.116 e. The maximum atomic E-state index is 10.0. The van der Waals surface area contributed by atoms with E-state index in [4.69, 9.17) is 0 Å². The van der Waals surface area contributed by atoms with Crippen molar-refractivity contribution in [2.75, 3.05) is 0 Å². The lowest BCUT2D eigenvalue weighted by Gasteiger charge is -2.22. The SMILES string of the molecule is C=C[C@H]([C@H](O)CC/C(C)=C/c1cccc(O)c1)[C@@H](C)O. The molecule has 0 unspecified atom stereocenters. The summed E-state index contributed by atoms with van der Waals surface area (Å²) < 4.78 is 0. The summed E-state index contributed by atoms with van der Waals surface area (Å²) in [7, 11) is 0. The molecule has 0 aliphatic rings. The van der Waals surface area contributed by atoms with Gasteiger partial charge in [0.1, 0.15) is 5.75 Å². The lowest BCUT2D eigenvalue weighted by Crippen LogP contribution is -2.28. The number of rotatable bonds is 7. The summed E-state index contributed by atoms with van der Waals surface area (Å²) in [6.07, 6.45) is 3.69. The summed E-state index contributed by atoms with van der Waals surface area (Å²) in [5, 5.41) is 29.0. The van der Waals surface area contributed by atoms with Crippen LogP contribution >= 0.6 is 0 Å². The average molecular weight is 276 g/mol. The first kappa shape index (κ1) is 16.5. The van der Waals surface area contributed by atoms with Gasteiger partial charge in [0.15, 0.2) is 0 Å². The molecule has 1 aromatic rings. The molecule has 1 rings (SSSR count). The Morgan fingerprint density at radius 3 is 2.60 bits per heavy atom. The van der Waals surface area contributed by atoms with Crippen molar-refractivity contribution in [3.8, 4) is 5.75 Å². The molecule has 0 spiro atoms. The van der Waals surface area contributed by atoms with Gasteiger partial charge in [-0.05, 0) is 44.4 Å². The van der Waals surface area contributed by atoms with Crippen LogP contribution in [0.1, 0.15) is 32.3 Å².